The Balaban J connectivity index is 2.02. The predicted molar refractivity (Wildman–Crippen MR) is 108 cm³/mol. The van der Waals surface area contributed by atoms with E-state index in [2.05, 4.69) is 10.2 Å². The molecule has 9 heteroatoms. The van der Waals surface area contributed by atoms with Crippen LogP contribution in [0.4, 0.5) is 5.69 Å². The van der Waals surface area contributed by atoms with Crippen molar-refractivity contribution in [2.45, 2.75) is 32.2 Å². The average Bonchev–Trinajstić information content (AvgIpc) is 3.11. The molecule has 1 aliphatic heterocycles. The van der Waals surface area contributed by atoms with E-state index in [0.29, 0.717) is 18.0 Å². The zero-order valence-corrected chi connectivity index (χ0v) is 17.6. The Bertz CT molecular complexity index is 751. The molecule has 1 aliphatic rings. The van der Waals surface area contributed by atoms with Gasteiger partial charge in [-0.05, 0) is 64.0 Å². The maximum Gasteiger partial charge on any atom is 0.243 e. The molecule has 7 nitrogen and oxygen atoms in total. The summed E-state index contributed by atoms with van der Waals surface area (Å²) in [6.45, 7) is 5.25. The van der Waals surface area contributed by atoms with Crippen molar-refractivity contribution in [1.29, 1.82) is 0 Å². The van der Waals surface area contributed by atoms with E-state index in [1.165, 1.54) is 26.0 Å². The molecule has 1 atom stereocenters. The third kappa shape index (κ3) is 5.99. The highest BCUT2D eigenvalue weighted by atomic mass is 35.5. The molecule has 0 aliphatic carbocycles. The summed E-state index contributed by atoms with van der Waals surface area (Å²) in [5.74, 6) is 0.0988. The average molecular weight is 418 g/mol. The number of methoxy groups -OCH3 is 1. The molecular weight excluding hydrogens is 390 g/mol. The monoisotopic (exact) mass is 417 g/mol. The minimum absolute atomic E-state index is 0.280. The number of ether oxygens (including phenoxy) is 1. The van der Waals surface area contributed by atoms with E-state index in [1.54, 1.807) is 19.1 Å². The van der Waals surface area contributed by atoms with Crippen LogP contribution < -0.4 is 14.4 Å². The van der Waals surface area contributed by atoms with Crippen molar-refractivity contribution >= 4 is 33.2 Å². The molecular formula is C18H28ClN3O4S. The minimum Gasteiger partial charge on any atom is -0.495 e. The molecule has 0 bridgehead atoms. The normalized spacial score (nSPS) is 16.1. The molecule has 27 heavy (non-hydrogen) atoms. The number of carbonyl (C=O) groups is 1. The van der Waals surface area contributed by atoms with Crippen LogP contribution >= 0.6 is 11.6 Å². The fourth-order valence-corrected chi connectivity index (χ4v) is 4.69. The van der Waals surface area contributed by atoms with Crippen molar-refractivity contribution in [3.05, 3.63) is 23.2 Å². The molecule has 1 saturated heterocycles. The first-order chi connectivity index (χ1) is 12.7. The Morgan fingerprint density at radius 2 is 2.04 bits per heavy atom. The molecule has 0 radical (unpaired) electrons. The highest BCUT2D eigenvalue weighted by Gasteiger charge is 2.29. The molecule has 2 rings (SSSR count). The fraction of sp³-hybridized carbons (Fsp3) is 0.611. The molecule has 1 aromatic carbocycles. The summed E-state index contributed by atoms with van der Waals surface area (Å²) in [4.78, 5) is 14.9. The number of nitrogens with one attached hydrogen (secondary N) is 1. The Kier molecular flexibility index (Phi) is 7.76. The second-order valence-corrected chi connectivity index (χ2v) is 9.01. The molecule has 1 fully saturated rings. The Hall–Kier alpha value is -1.51. The van der Waals surface area contributed by atoms with Gasteiger partial charge in [-0.3, -0.25) is 9.10 Å². The van der Waals surface area contributed by atoms with Gasteiger partial charge in [0, 0.05) is 6.54 Å². The SMILES string of the molecule is COc1ccc(N([C@H](C)C(=O)NCCCN2CCCC2)S(C)(=O)=O)cc1Cl. The van der Waals surface area contributed by atoms with Crippen LogP contribution in [0.3, 0.4) is 0 Å². The number of likely N-dealkylation sites (tertiary alicyclic amines) is 1. The van der Waals surface area contributed by atoms with Gasteiger partial charge in [-0.25, -0.2) is 8.42 Å². The number of carbonyl (C=O) groups excluding carboxylic acids is 1. The summed E-state index contributed by atoms with van der Waals surface area (Å²) in [5, 5.41) is 3.12. The number of halogens is 1. The first-order valence-electron chi connectivity index (χ1n) is 9.07. The molecule has 1 aromatic rings. The van der Waals surface area contributed by atoms with Gasteiger partial charge in [0.05, 0.1) is 24.1 Å². The number of hydrogen-bond donors (Lipinski definition) is 1. The van der Waals surface area contributed by atoms with Crippen LogP contribution in [0.1, 0.15) is 26.2 Å². The number of sulfonamides is 1. The van der Waals surface area contributed by atoms with Crippen LogP contribution in [0, 0.1) is 0 Å². The lowest BCUT2D eigenvalue weighted by Crippen LogP contribution is -2.48. The molecule has 1 amide bonds. The highest BCUT2D eigenvalue weighted by molar-refractivity contribution is 7.92. The molecule has 1 N–H and O–H groups in total. The molecule has 0 saturated carbocycles. The lowest BCUT2D eigenvalue weighted by Gasteiger charge is -2.28. The Morgan fingerprint density at radius 1 is 1.37 bits per heavy atom. The van der Waals surface area contributed by atoms with E-state index in [0.717, 1.165) is 36.6 Å². The summed E-state index contributed by atoms with van der Waals surface area (Å²) < 4.78 is 30.8. The van der Waals surface area contributed by atoms with Crippen LogP contribution in [-0.2, 0) is 14.8 Å². The van der Waals surface area contributed by atoms with Crippen molar-refractivity contribution in [2.75, 3.05) is 43.8 Å². The number of nitrogens with zero attached hydrogens (tertiary/aromatic N) is 2. The lowest BCUT2D eigenvalue weighted by atomic mass is 10.2. The molecule has 1 heterocycles. The van der Waals surface area contributed by atoms with Crippen LogP contribution in [-0.4, -0.2) is 64.8 Å². The van der Waals surface area contributed by atoms with Gasteiger partial charge in [0.25, 0.3) is 0 Å². The van der Waals surface area contributed by atoms with Gasteiger partial charge in [-0.1, -0.05) is 11.6 Å². The lowest BCUT2D eigenvalue weighted by molar-refractivity contribution is -0.121. The quantitative estimate of drug-likeness (QED) is 0.622. The molecule has 152 valence electrons. The van der Waals surface area contributed by atoms with E-state index in [9.17, 15) is 13.2 Å². The largest absolute Gasteiger partial charge is 0.495 e. The number of benzene rings is 1. The number of amides is 1. The van der Waals surface area contributed by atoms with Gasteiger partial charge in [0.15, 0.2) is 0 Å². The third-order valence-corrected chi connectivity index (χ3v) is 6.16. The minimum atomic E-state index is -3.68. The van der Waals surface area contributed by atoms with Crippen molar-refractivity contribution in [3.63, 3.8) is 0 Å². The Labute approximate surface area is 166 Å². The molecule has 0 spiro atoms. The van der Waals surface area contributed by atoms with E-state index in [-0.39, 0.29) is 10.9 Å². The fourth-order valence-electron chi connectivity index (χ4n) is 3.27. The Morgan fingerprint density at radius 3 is 2.59 bits per heavy atom. The summed E-state index contributed by atoms with van der Waals surface area (Å²) in [5.41, 5.74) is 0.322. The van der Waals surface area contributed by atoms with E-state index in [4.69, 9.17) is 16.3 Å². The predicted octanol–water partition coefficient (Wildman–Crippen LogP) is 2.11. The van der Waals surface area contributed by atoms with Gasteiger partial charge < -0.3 is 15.0 Å². The summed E-state index contributed by atoms with van der Waals surface area (Å²) in [7, 11) is -2.20. The second kappa shape index (κ2) is 9.61. The van der Waals surface area contributed by atoms with Gasteiger partial charge >= 0.3 is 0 Å². The van der Waals surface area contributed by atoms with Crippen LogP contribution in [0.15, 0.2) is 18.2 Å². The van der Waals surface area contributed by atoms with Crippen molar-refractivity contribution in [2.24, 2.45) is 0 Å². The van der Waals surface area contributed by atoms with Gasteiger partial charge in [-0.15, -0.1) is 0 Å². The zero-order valence-electron chi connectivity index (χ0n) is 16.1. The van der Waals surface area contributed by atoms with Crippen LogP contribution in [0.5, 0.6) is 5.75 Å². The second-order valence-electron chi connectivity index (χ2n) is 6.75. The molecule has 0 unspecified atom stereocenters. The summed E-state index contributed by atoms with van der Waals surface area (Å²) in [6, 6.07) is 3.74. The van der Waals surface area contributed by atoms with Gasteiger partial charge in [0.2, 0.25) is 15.9 Å². The number of hydrogen-bond acceptors (Lipinski definition) is 5. The number of anilines is 1. The number of rotatable bonds is 9. The van der Waals surface area contributed by atoms with E-state index < -0.39 is 16.1 Å². The van der Waals surface area contributed by atoms with Crippen LogP contribution in [0.25, 0.3) is 0 Å². The topological polar surface area (TPSA) is 79.0 Å². The third-order valence-electron chi connectivity index (χ3n) is 4.63. The van der Waals surface area contributed by atoms with Crippen molar-refractivity contribution in [3.8, 4) is 5.75 Å². The smallest absolute Gasteiger partial charge is 0.243 e. The van der Waals surface area contributed by atoms with Crippen molar-refractivity contribution in [1.82, 2.24) is 10.2 Å². The van der Waals surface area contributed by atoms with E-state index in [1.807, 2.05) is 0 Å². The maximum absolute atomic E-state index is 12.5. The first kappa shape index (κ1) is 21.8. The maximum atomic E-state index is 12.5. The summed E-state index contributed by atoms with van der Waals surface area (Å²) in [6.07, 6.45) is 4.38. The highest BCUT2D eigenvalue weighted by Crippen LogP contribution is 2.31. The zero-order chi connectivity index (χ0) is 20.0. The van der Waals surface area contributed by atoms with E-state index >= 15 is 0 Å². The van der Waals surface area contributed by atoms with Crippen LogP contribution in [0.2, 0.25) is 5.02 Å². The first-order valence-corrected chi connectivity index (χ1v) is 11.3. The van der Waals surface area contributed by atoms with Gasteiger partial charge in [0.1, 0.15) is 11.8 Å². The van der Waals surface area contributed by atoms with Crippen molar-refractivity contribution < 1.29 is 17.9 Å². The summed E-state index contributed by atoms with van der Waals surface area (Å²) >= 11 is 6.12. The van der Waals surface area contributed by atoms with Gasteiger partial charge in [-0.2, -0.15) is 0 Å². The standard InChI is InChI=1S/C18H28ClN3O4S/c1-14(18(23)20-9-6-12-21-10-4-5-11-21)22(27(3,24)25)15-7-8-17(26-2)16(19)13-15/h7-8,13-14H,4-6,9-12H2,1-3H3,(H,20,23)/t14-/m1/s1. The molecule has 0 aromatic heterocycles.